The first kappa shape index (κ1) is 22.5. The Kier molecular flexibility index (Phi) is 9.58. The van der Waals surface area contributed by atoms with E-state index < -0.39 is 0 Å². The average molecular weight is 391 g/mol. The first-order valence-electron chi connectivity index (χ1n) is 10.5. The molecule has 6 nitrogen and oxygen atoms in total. The van der Waals surface area contributed by atoms with Crippen molar-refractivity contribution in [2.24, 2.45) is 10.9 Å². The fraction of sp³-hybridized carbons (Fsp3) is 0.682. The molecule has 2 N–H and O–H groups in total. The number of nitrogens with zero attached hydrogens (tertiary/aromatic N) is 2. The van der Waals surface area contributed by atoms with Crippen LogP contribution in [0.1, 0.15) is 39.2 Å². The van der Waals surface area contributed by atoms with E-state index in [2.05, 4.69) is 60.5 Å². The molecule has 158 valence electrons. The van der Waals surface area contributed by atoms with Crippen molar-refractivity contribution >= 4 is 5.96 Å². The summed E-state index contributed by atoms with van der Waals surface area (Å²) in [5, 5.41) is 6.80. The van der Waals surface area contributed by atoms with Crippen LogP contribution in [0.25, 0.3) is 0 Å². The topological polar surface area (TPSA) is 58.1 Å². The molecule has 1 aromatic rings. The maximum atomic E-state index is 5.99. The molecule has 1 aliphatic heterocycles. The molecular weight excluding hydrogens is 352 g/mol. The average Bonchev–Trinajstić information content (AvgIpc) is 2.71. The summed E-state index contributed by atoms with van der Waals surface area (Å²) in [5.74, 6) is 2.29. The van der Waals surface area contributed by atoms with Gasteiger partial charge in [0.05, 0.1) is 0 Å². The van der Waals surface area contributed by atoms with Gasteiger partial charge in [-0.3, -0.25) is 9.89 Å². The third kappa shape index (κ3) is 7.68. The number of guanidine groups is 1. The fourth-order valence-corrected chi connectivity index (χ4v) is 3.12. The SMILES string of the molecule is CN=C(NCc1cccc(OCCN(C)C2CCOCC2)c1)NC(C)C(C)C. The molecule has 0 bridgehead atoms. The van der Waals surface area contributed by atoms with E-state index >= 15 is 0 Å². The van der Waals surface area contributed by atoms with Gasteiger partial charge in [-0.2, -0.15) is 0 Å². The molecule has 1 aliphatic rings. The minimum Gasteiger partial charge on any atom is -0.492 e. The highest BCUT2D eigenvalue weighted by Gasteiger charge is 2.18. The van der Waals surface area contributed by atoms with Crippen molar-refractivity contribution < 1.29 is 9.47 Å². The van der Waals surface area contributed by atoms with Crippen LogP contribution in [0.5, 0.6) is 5.75 Å². The quantitative estimate of drug-likeness (QED) is 0.502. The lowest BCUT2D eigenvalue weighted by molar-refractivity contribution is 0.0392. The van der Waals surface area contributed by atoms with E-state index in [0.29, 0.717) is 31.2 Å². The molecule has 1 heterocycles. The molecule has 0 amide bonds. The number of hydrogen-bond donors (Lipinski definition) is 2. The van der Waals surface area contributed by atoms with E-state index in [-0.39, 0.29) is 0 Å². The molecule has 0 spiro atoms. The van der Waals surface area contributed by atoms with E-state index in [1.54, 1.807) is 7.05 Å². The van der Waals surface area contributed by atoms with Crippen LogP contribution in [0.4, 0.5) is 0 Å². The summed E-state index contributed by atoms with van der Waals surface area (Å²) in [6, 6.07) is 9.25. The maximum absolute atomic E-state index is 5.99. The van der Waals surface area contributed by atoms with Crippen molar-refractivity contribution in [2.75, 3.05) is 40.5 Å². The predicted octanol–water partition coefficient (Wildman–Crippen LogP) is 2.89. The Hall–Kier alpha value is -1.79. The lowest BCUT2D eigenvalue weighted by Crippen LogP contribution is -2.43. The van der Waals surface area contributed by atoms with Gasteiger partial charge in [-0.15, -0.1) is 0 Å². The molecule has 0 aromatic heterocycles. The second-order valence-electron chi connectivity index (χ2n) is 7.92. The van der Waals surface area contributed by atoms with E-state index in [0.717, 1.165) is 44.3 Å². The van der Waals surface area contributed by atoms with E-state index in [4.69, 9.17) is 9.47 Å². The number of aliphatic imine (C=N–C) groups is 1. The van der Waals surface area contributed by atoms with E-state index in [1.807, 2.05) is 12.1 Å². The lowest BCUT2D eigenvalue weighted by atomic mass is 10.1. The minimum atomic E-state index is 0.369. The molecule has 28 heavy (non-hydrogen) atoms. The van der Waals surface area contributed by atoms with Gasteiger partial charge in [-0.1, -0.05) is 26.0 Å². The third-order valence-corrected chi connectivity index (χ3v) is 5.47. The molecule has 2 rings (SSSR count). The van der Waals surface area contributed by atoms with Crippen LogP contribution >= 0.6 is 0 Å². The van der Waals surface area contributed by atoms with Gasteiger partial charge in [0, 0.05) is 45.4 Å². The summed E-state index contributed by atoms with van der Waals surface area (Å²) in [4.78, 5) is 6.70. The summed E-state index contributed by atoms with van der Waals surface area (Å²) in [6.45, 7) is 10.7. The van der Waals surface area contributed by atoms with Crippen LogP contribution in [-0.4, -0.2) is 63.4 Å². The summed E-state index contributed by atoms with van der Waals surface area (Å²) >= 11 is 0. The third-order valence-electron chi connectivity index (χ3n) is 5.47. The molecule has 1 unspecified atom stereocenters. The van der Waals surface area contributed by atoms with Crippen LogP contribution in [-0.2, 0) is 11.3 Å². The van der Waals surface area contributed by atoms with Gasteiger partial charge in [-0.05, 0) is 50.4 Å². The largest absolute Gasteiger partial charge is 0.492 e. The zero-order valence-electron chi connectivity index (χ0n) is 18.2. The highest BCUT2D eigenvalue weighted by Crippen LogP contribution is 2.15. The van der Waals surface area contributed by atoms with Gasteiger partial charge in [0.1, 0.15) is 12.4 Å². The van der Waals surface area contributed by atoms with Crippen LogP contribution in [0.2, 0.25) is 0 Å². The van der Waals surface area contributed by atoms with Crippen molar-refractivity contribution in [1.29, 1.82) is 0 Å². The molecule has 1 aromatic carbocycles. The Morgan fingerprint density at radius 3 is 2.71 bits per heavy atom. The van der Waals surface area contributed by atoms with E-state index in [1.165, 1.54) is 5.56 Å². The number of nitrogens with one attached hydrogen (secondary N) is 2. The normalized spacial score (nSPS) is 17.0. The van der Waals surface area contributed by atoms with Gasteiger partial charge in [0.15, 0.2) is 5.96 Å². The van der Waals surface area contributed by atoms with Crippen LogP contribution in [0.3, 0.4) is 0 Å². The second-order valence-corrected chi connectivity index (χ2v) is 7.92. The van der Waals surface area contributed by atoms with Gasteiger partial charge in [-0.25, -0.2) is 0 Å². The van der Waals surface area contributed by atoms with Crippen LogP contribution in [0.15, 0.2) is 29.3 Å². The molecule has 0 aliphatic carbocycles. The van der Waals surface area contributed by atoms with Crippen LogP contribution in [0, 0.1) is 5.92 Å². The standard InChI is InChI=1S/C22H38N4O2/c1-17(2)18(3)25-22(23-4)24-16-19-7-6-8-21(15-19)28-14-11-26(5)20-9-12-27-13-10-20/h6-8,15,17-18,20H,9-14,16H2,1-5H3,(H2,23,24,25). The lowest BCUT2D eigenvalue weighted by Gasteiger charge is -2.31. The summed E-state index contributed by atoms with van der Waals surface area (Å²) in [5.41, 5.74) is 1.18. The second kappa shape index (κ2) is 11.9. The van der Waals surface area contributed by atoms with Crippen molar-refractivity contribution in [2.45, 2.75) is 52.2 Å². The Balaban J connectivity index is 1.76. The van der Waals surface area contributed by atoms with Crippen molar-refractivity contribution in [3.05, 3.63) is 29.8 Å². The zero-order valence-corrected chi connectivity index (χ0v) is 18.2. The molecule has 0 radical (unpaired) electrons. The van der Waals surface area contributed by atoms with Gasteiger partial charge in [0.2, 0.25) is 0 Å². The monoisotopic (exact) mass is 390 g/mol. The molecule has 0 saturated carbocycles. The molecule has 1 saturated heterocycles. The minimum absolute atomic E-state index is 0.369. The first-order chi connectivity index (χ1) is 13.5. The van der Waals surface area contributed by atoms with Gasteiger partial charge < -0.3 is 20.1 Å². The molecule has 1 fully saturated rings. The van der Waals surface area contributed by atoms with Crippen molar-refractivity contribution in [1.82, 2.24) is 15.5 Å². The molecular formula is C22H38N4O2. The number of ether oxygens (including phenoxy) is 2. The van der Waals surface area contributed by atoms with Gasteiger partial charge in [0.25, 0.3) is 0 Å². The van der Waals surface area contributed by atoms with E-state index in [9.17, 15) is 0 Å². The van der Waals surface area contributed by atoms with Crippen molar-refractivity contribution in [3.63, 3.8) is 0 Å². The highest BCUT2D eigenvalue weighted by atomic mass is 16.5. The van der Waals surface area contributed by atoms with Crippen molar-refractivity contribution in [3.8, 4) is 5.75 Å². The fourth-order valence-electron chi connectivity index (χ4n) is 3.12. The summed E-state index contributed by atoms with van der Waals surface area (Å²) in [6.07, 6.45) is 2.23. The highest BCUT2D eigenvalue weighted by molar-refractivity contribution is 5.79. The number of likely N-dealkylation sites (N-methyl/N-ethyl adjacent to an activating group) is 1. The predicted molar refractivity (Wildman–Crippen MR) is 116 cm³/mol. The Morgan fingerprint density at radius 2 is 2.04 bits per heavy atom. The Labute approximate surface area is 170 Å². The summed E-state index contributed by atoms with van der Waals surface area (Å²) < 4.78 is 11.4. The summed E-state index contributed by atoms with van der Waals surface area (Å²) in [7, 11) is 3.98. The van der Waals surface area contributed by atoms with Crippen LogP contribution < -0.4 is 15.4 Å². The maximum Gasteiger partial charge on any atom is 0.191 e. The number of benzene rings is 1. The zero-order chi connectivity index (χ0) is 20.4. The Bertz CT molecular complexity index is 600. The number of rotatable bonds is 9. The number of hydrogen-bond acceptors (Lipinski definition) is 4. The molecule has 1 atom stereocenters. The smallest absolute Gasteiger partial charge is 0.191 e. The van der Waals surface area contributed by atoms with Gasteiger partial charge >= 0.3 is 0 Å². The Morgan fingerprint density at radius 1 is 1.29 bits per heavy atom. The molecule has 6 heteroatoms. The first-order valence-corrected chi connectivity index (χ1v) is 10.5.